The van der Waals surface area contributed by atoms with Crippen LogP contribution in [0.15, 0.2) is 41.5 Å². The van der Waals surface area contributed by atoms with Crippen LogP contribution in [0.4, 0.5) is 0 Å². The molecule has 2 atom stereocenters. The van der Waals surface area contributed by atoms with Gasteiger partial charge in [0, 0.05) is 6.04 Å². The van der Waals surface area contributed by atoms with E-state index in [4.69, 9.17) is 18.9 Å². The zero-order valence-corrected chi connectivity index (χ0v) is 16.1. The van der Waals surface area contributed by atoms with Crippen LogP contribution < -0.4 is 35.2 Å². The lowest BCUT2D eigenvalue weighted by atomic mass is 10.0. The molecule has 0 radical (unpaired) electrons. The van der Waals surface area contributed by atoms with Gasteiger partial charge in [0.2, 0.25) is 6.79 Å². The second kappa shape index (κ2) is 8.38. The number of hydrogen-bond donors (Lipinski definition) is 3. The third-order valence-electron chi connectivity index (χ3n) is 4.81. The maximum absolute atomic E-state index is 12.4. The molecule has 2 unspecified atom stereocenters. The SMILES string of the molecule is COc1ccc(/C=N/NC(=O)C2CC(c3ccc4c(c3)OCO4)NN2)cc1OC. The largest absolute Gasteiger partial charge is 0.493 e. The van der Waals surface area contributed by atoms with Gasteiger partial charge in [-0.1, -0.05) is 6.07 Å². The van der Waals surface area contributed by atoms with Crippen molar-refractivity contribution in [2.45, 2.75) is 18.5 Å². The molecule has 152 valence electrons. The predicted octanol–water partition coefficient (Wildman–Crippen LogP) is 1.49. The number of hydrogen-bond acceptors (Lipinski definition) is 8. The van der Waals surface area contributed by atoms with Gasteiger partial charge in [0.15, 0.2) is 23.0 Å². The minimum Gasteiger partial charge on any atom is -0.493 e. The topological polar surface area (TPSA) is 102 Å². The smallest absolute Gasteiger partial charge is 0.258 e. The van der Waals surface area contributed by atoms with E-state index in [1.165, 1.54) is 0 Å². The van der Waals surface area contributed by atoms with Crippen LogP contribution in [-0.4, -0.2) is 39.2 Å². The first-order valence-electron chi connectivity index (χ1n) is 9.13. The molecule has 3 N–H and O–H groups in total. The summed E-state index contributed by atoms with van der Waals surface area (Å²) in [6.45, 7) is 0.234. The monoisotopic (exact) mass is 398 g/mol. The van der Waals surface area contributed by atoms with Crippen LogP contribution in [0.3, 0.4) is 0 Å². The summed E-state index contributed by atoms with van der Waals surface area (Å²) in [6, 6.07) is 10.7. The molecule has 0 aliphatic carbocycles. The highest BCUT2D eigenvalue weighted by Gasteiger charge is 2.31. The van der Waals surface area contributed by atoms with E-state index in [1.54, 1.807) is 32.6 Å². The molecule has 0 saturated carbocycles. The Kier molecular flexibility index (Phi) is 5.50. The van der Waals surface area contributed by atoms with Gasteiger partial charge in [-0.15, -0.1) is 0 Å². The Morgan fingerprint density at radius 1 is 1.10 bits per heavy atom. The molecular formula is C20H22N4O5. The van der Waals surface area contributed by atoms with Crippen LogP contribution in [0.25, 0.3) is 0 Å². The molecule has 9 heteroatoms. The maximum Gasteiger partial charge on any atom is 0.258 e. The number of amides is 1. The third-order valence-corrected chi connectivity index (χ3v) is 4.81. The number of hydrazone groups is 1. The number of hydrazine groups is 1. The number of carbonyl (C=O) groups is 1. The standard InChI is InChI=1S/C20H22N4O5/c1-26-16-5-3-12(7-18(16)27-2)10-21-24-20(25)15-9-14(22-23-15)13-4-6-17-19(8-13)29-11-28-17/h3-8,10,14-15,22-23H,9,11H2,1-2H3,(H,24,25)/b21-10+. The molecule has 2 aromatic carbocycles. The maximum atomic E-state index is 12.4. The molecule has 4 rings (SSSR count). The molecule has 2 aliphatic heterocycles. The third kappa shape index (κ3) is 4.10. The van der Waals surface area contributed by atoms with Gasteiger partial charge in [-0.2, -0.15) is 5.10 Å². The molecule has 0 bridgehead atoms. The molecule has 2 aliphatic rings. The van der Waals surface area contributed by atoms with Gasteiger partial charge in [0.05, 0.1) is 20.4 Å². The van der Waals surface area contributed by atoms with E-state index < -0.39 is 6.04 Å². The lowest BCUT2D eigenvalue weighted by molar-refractivity contribution is -0.122. The van der Waals surface area contributed by atoms with Gasteiger partial charge in [0.25, 0.3) is 5.91 Å². The van der Waals surface area contributed by atoms with Crippen molar-refractivity contribution in [3.8, 4) is 23.0 Å². The zero-order valence-electron chi connectivity index (χ0n) is 16.1. The van der Waals surface area contributed by atoms with E-state index in [9.17, 15) is 4.79 Å². The quantitative estimate of drug-likeness (QED) is 0.500. The zero-order chi connectivity index (χ0) is 20.2. The van der Waals surface area contributed by atoms with Crippen molar-refractivity contribution in [1.29, 1.82) is 0 Å². The second-order valence-corrected chi connectivity index (χ2v) is 6.59. The van der Waals surface area contributed by atoms with Crippen molar-refractivity contribution in [1.82, 2.24) is 16.3 Å². The summed E-state index contributed by atoms with van der Waals surface area (Å²) in [4.78, 5) is 12.4. The molecule has 1 fully saturated rings. The Labute approximate surface area is 167 Å². The Hall–Kier alpha value is -3.30. The fourth-order valence-electron chi connectivity index (χ4n) is 3.26. The lowest BCUT2D eigenvalue weighted by Gasteiger charge is -2.10. The van der Waals surface area contributed by atoms with Gasteiger partial charge in [-0.05, 0) is 47.9 Å². The first-order valence-corrected chi connectivity index (χ1v) is 9.13. The summed E-state index contributed by atoms with van der Waals surface area (Å²) in [5.74, 6) is 2.45. The number of carbonyl (C=O) groups excluding carboxylic acids is 1. The Morgan fingerprint density at radius 2 is 1.93 bits per heavy atom. The Bertz CT molecular complexity index is 933. The first kappa shape index (κ1) is 19.0. The van der Waals surface area contributed by atoms with E-state index in [2.05, 4.69) is 21.4 Å². The van der Waals surface area contributed by atoms with E-state index in [1.807, 2.05) is 24.3 Å². The van der Waals surface area contributed by atoms with Gasteiger partial charge >= 0.3 is 0 Å². The van der Waals surface area contributed by atoms with Crippen molar-refractivity contribution in [3.63, 3.8) is 0 Å². The van der Waals surface area contributed by atoms with Gasteiger partial charge in [0.1, 0.15) is 6.04 Å². The minimum absolute atomic E-state index is 0.0184. The summed E-state index contributed by atoms with van der Waals surface area (Å²) >= 11 is 0. The molecule has 29 heavy (non-hydrogen) atoms. The fraction of sp³-hybridized carbons (Fsp3) is 0.300. The molecule has 2 heterocycles. The number of ether oxygens (including phenoxy) is 4. The van der Waals surface area contributed by atoms with Gasteiger partial charge in [-0.25, -0.2) is 16.3 Å². The van der Waals surface area contributed by atoms with E-state index >= 15 is 0 Å². The number of nitrogens with zero attached hydrogens (tertiary/aromatic N) is 1. The summed E-state index contributed by atoms with van der Waals surface area (Å²) in [5.41, 5.74) is 10.5. The highest BCUT2D eigenvalue weighted by atomic mass is 16.7. The molecule has 1 amide bonds. The van der Waals surface area contributed by atoms with Crippen molar-refractivity contribution >= 4 is 12.1 Å². The van der Waals surface area contributed by atoms with Crippen LogP contribution in [0.2, 0.25) is 0 Å². The van der Waals surface area contributed by atoms with Crippen molar-refractivity contribution in [2.24, 2.45) is 5.10 Å². The molecule has 0 spiro atoms. The van der Waals surface area contributed by atoms with Crippen LogP contribution in [0.1, 0.15) is 23.6 Å². The van der Waals surface area contributed by atoms with Gasteiger partial charge < -0.3 is 18.9 Å². The Morgan fingerprint density at radius 3 is 2.76 bits per heavy atom. The number of rotatable bonds is 6. The van der Waals surface area contributed by atoms with E-state index in [-0.39, 0.29) is 18.7 Å². The molecule has 0 aromatic heterocycles. The fourth-order valence-corrected chi connectivity index (χ4v) is 3.26. The average molecular weight is 398 g/mol. The van der Waals surface area contributed by atoms with Crippen LogP contribution in [0, 0.1) is 0 Å². The van der Waals surface area contributed by atoms with Crippen molar-refractivity contribution in [3.05, 3.63) is 47.5 Å². The first-order chi connectivity index (χ1) is 14.2. The second-order valence-electron chi connectivity index (χ2n) is 6.59. The van der Waals surface area contributed by atoms with E-state index in [0.29, 0.717) is 17.9 Å². The minimum atomic E-state index is -0.409. The van der Waals surface area contributed by atoms with Gasteiger partial charge in [-0.3, -0.25) is 4.79 Å². The summed E-state index contributed by atoms with van der Waals surface area (Å²) < 4.78 is 21.2. The summed E-state index contributed by atoms with van der Waals surface area (Å²) in [6.07, 6.45) is 2.13. The van der Waals surface area contributed by atoms with Crippen molar-refractivity contribution in [2.75, 3.05) is 21.0 Å². The number of nitrogens with one attached hydrogen (secondary N) is 3. The highest BCUT2D eigenvalue weighted by molar-refractivity contribution is 5.85. The lowest BCUT2D eigenvalue weighted by Crippen LogP contribution is -2.41. The number of benzene rings is 2. The van der Waals surface area contributed by atoms with Crippen LogP contribution in [0.5, 0.6) is 23.0 Å². The molecule has 2 aromatic rings. The predicted molar refractivity (Wildman–Crippen MR) is 105 cm³/mol. The van der Waals surface area contributed by atoms with Crippen LogP contribution >= 0.6 is 0 Å². The van der Waals surface area contributed by atoms with E-state index in [0.717, 1.165) is 22.6 Å². The number of fused-ring (bicyclic) bond motifs is 1. The summed E-state index contributed by atoms with van der Waals surface area (Å²) in [5, 5.41) is 4.04. The molecule has 1 saturated heterocycles. The summed E-state index contributed by atoms with van der Waals surface area (Å²) in [7, 11) is 3.14. The Balaban J connectivity index is 1.33. The molecule has 9 nitrogen and oxygen atoms in total. The number of methoxy groups -OCH3 is 2. The highest BCUT2D eigenvalue weighted by Crippen LogP contribution is 2.35. The normalized spacial score (nSPS) is 20.1. The van der Waals surface area contributed by atoms with Crippen molar-refractivity contribution < 1.29 is 23.7 Å². The molecular weight excluding hydrogens is 376 g/mol. The van der Waals surface area contributed by atoms with Crippen LogP contribution in [-0.2, 0) is 4.79 Å². The average Bonchev–Trinajstić information content (AvgIpc) is 3.42.